The fourth-order valence-electron chi connectivity index (χ4n) is 1.79. The normalized spacial score (nSPS) is 26.9. The summed E-state index contributed by atoms with van der Waals surface area (Å²) in [4.78, 5) is 11.3. The molecule has 1 aliphatic carbocycles. The van der Waals surface area contributed by atoms with Gasteiger partial charge in [0, 0.05) is 19.1 Å². The van der Waals surface area contributed by atoms with Crippen LogP contribution in [0.25, 0.3) is 0 Å². The van der Waals surface area contributed by atoms with Crippen LogP contribution in [0, 0.1) is 5.92 Å². The van der Waals surface area contributed by atoms with E-state index in [1.54, 1.807) is 0 Å². The average molecular weight is 248 g/mol. The number of carbonyl (C=O) groups excluding carboxylic acids is 1. The second-order valence-electron chi connectivity index (χ2n) is 4.26. The molecular weight excluding hydrogens is 232 g/mol. The largest absolute Gasteiger partial charge is 0.469 e. The zero-order chi connectivity index (χ0) is 11.8. The predicted octanol–water partition coefficient (Wildman–Crippen LogP) is -0.522. The minimum Gasteiger partial charge on any atom is -0.469 e. The van der Waals surface area contributed by atoms with Crippen molar-refractivity contribution in [2.24, 2.45) is 5.92 Å². The number of methoxy groups -OCH3 is 1. The summed E-state index contributed by atoms with van der Waals surface area (Å²) in [7, 11) is -2.07. The van der Waals surface area contributed by atoms with Gasteiger partial charge in [0.05, 0.1) is 13.0 Å². The lowest BCUT2D eigenvalue weighted by molar-refractivity contribution is -0.144. The molecule has 1 aliphatic heterocycles. The molecule has 1 heterocycles. The zero-order valence-corrected chi connectivity index (χ0v) is 10.00. The minimum atomic E-state index is -3.40. The summed E-state index contributed by atoms with van der Waals surface area (Å²) in [5.74, 6) is -0.648. The highest BCUT2D eigenvalue weighted by Crippen LogP contribution is 2.24. The van der Waals surface area contributed by atoms with E-state index in [1.165, 1.54) is 11.4 Å². The van der Waals surface area contributed by atoms with Gasteiger partial charge in [-0.25, -0.2) is 0 Å². The summed E-state index contributed by atoms with van der Waals surface area (Å²) >= 11 is 0. The highest BCUT2D eigenvalue weighted by molar-refractivity contribution is 7.87. The van der Waals surface area contributed by atoms with Gasteiger partial charge in [0.25, 0.3) is 10.2 Å². The van der Waals surface area contributed by atoms with Gasteiger partial charge in [-0.2, -0.15) is 17.4 Å². The van der Waals surface area contributed by atoms with Gasteiger partial charge in [0.2, 0.25) is 0 Å². The van der Waals surface area contributed by atoms with Crippen LogP contribution in [0.1, 0.15) is 19.3 Å². The van der Waals surface area contributed by atoms with Gasteiger partial charge in [0.15, 0.2) is 0 Å². The molecule has 0 aromatic rings. The van der Waals surface area contributed by atoms with E-state index in [0.29, 0.717) is 13.0 Å². The van der Waals surface area contributed by atoms with Gasteiger partial charge < -0.3 is 4.74 Å². The molecule has 7 heteroatoms. The molecule has 6 nitrogen and oxygen atoms in total. The second kappa shape index (κ2) is 4.31. The lowest BCUT2D eigenvalue weighted by atomic mass is 10.1. The monoisotopic (exact) mass is 248 g/mol. The van der Waals surface area contributed by atoms with Gasteiger partial charge in [0.1, 0.15) is 0 Å². The Labute approximate surface area is 95.1 Å². The summed E-state index contributed by atoms with van der Waals surface area (Å²) < 4.78 is 32.1. The van der Waals surface area contributed by atoms with E-state index in [0.717, 1.165) is 12.8 Å². The van der Waals surface area contributed by atoms with E-state index in [4.69, 9.17) is 0 Å². The Morgan fingerprint density at radius 2 is 2.06 bits per heavy atom. The first-order valence-electron chi connectivity index (χ1n) is 5.38. The third kappa shape index (κ3) is 2.53. The lowest BCUT2D eigenvalue weighted by Crippen LogP contribution is -2.40. The van der Waals surface area contributed by atoms with Gasteiger partial charge in [-0.1, -0.05) is 0 Å². The maximum atomic E-state index is 11.8. The van der Waals surface area contributed by atoms with Crippen LogP contribution in [0.2, 0.25) is 0 Å². The Bertz CT molecular complexity index is 377. The number of rotatable bonds is 4. The number of carbonyl (C=O) groups is 1. The quantitative estimate of drug-likeness (QED) is 0.679. The molecule has 92 valence electrons. The van der Waals surface area contributed by atoms with Crippen LogP contribution in [-0.4, -0.2) is 44.9 Å². The molecule has 0 aromatic carbocycles. The third-order valence-electron chi connectivity index (χ3n) is 2.92. The first-order chi connectivity index (χ1) is 7.53. The highest BCUT2D eigenvalue weighted by Gasteiger charge is 2.38. The molecule has 1 saturated heterocycles. The maximum Gasteiger partial charge on any atom is 0.310 e. The SMILES string of the molecule is COC(=O)C1CCN(S(=O)(=O)NC2CC2)C1. The Hall–Kier alpha value is -0.660. The summed E-state index contributed by atoms with van der Waals surface area (Å²) in [5.41, 5.74) is 0. The van der Waals surface area contributed by atoms with E-state index >= 15 is 0 Å². The van der Waals surface area contributed by atoms with E-state index in [1.807, 2.05) is 0 Å². The van der Waals surface area contributed by atoms with Crippen LogP contribution in [-0.2, 0) is 19.7 Å². The molecular formula is C9H16N2O4S. The summed E-state index contributed by atoms with van der Waals surface area (Å²) in [6.45, 7) is 0.622. The molecule has 0 spiro atoms. The Morgan fingerprint density at radius 3 is 2.62 bits per heavy atom. The predicted molar refractivity (Wildman–Crippen MR) is 56.8 cm³/mol. The van der Waals surface area contributed by atoms with Crippen LogP contribution >= 0.6 is 0 Å². The van der Waals surface area contributed by atoms with Crippen LogP contribution < -0.4 is 4.72 Å². The standard InChI is InChI=1S/C9H16N2O4S/c1-15-9(12)7-4-5-11(6-7)16(13,14)10-8-2-3-8/h7-8,10H,2-6H2,1H3. The molecule has 2 rings (SSSR count). The van der Waals surface area contributed by atoms with Crippen LogP contribution in [0.4, 0.5) is 0 Å². The number of nitrogens with zero attached hydrogens (tertiary/aromatic N) is 1. The third-order valence-corrected chi connectivity index (χ3v) is 4.56. The number of esters is 1. The first-order valence-corrected chi connectivity index (χ1v) is 6.82. The fourth-order valence-corrected chi connectivity index (χ4v) is 3.32. The minimum absolute atomic E-state index is 0.0992. The molecule has 1 saturated carbocycles. The molecule has 0 amide bonds. The van der Waals surface area contributed by atoms with E-state index in [-0.39, 0.29) is 24.5 Å². The van der Waals surface area contributed by atoms with Crippen molar-refractivity contribution in [3.05, 3.63) is 0 Å². The van der Waals surface area contributed by atoms with Crippen molar-refractivity contribution in [3.63, 3.8) is 0 Å². The lowest BCUT2D eigenvalue weighted by Gasteiger charge is -2.16. The fraction of sp³-hybridized carbons (Fsp3) is 0.889. The summed E-state index contributed by atoms with van der Waals surface area (Å²) in [6.07, 6.45) is 2.36. The van der Waals surface area contributed by atoms with E-state index < -0.39 is 10.2 Å². The average Bonchev–Trinajstić information content (AvgIpc) is 2.88. The summed E-state index contributed by atoms with van der Waals surface area (Å²) in [5, 5.41) is 0. The highest BCUT2D eigenvalue weighted by atomic mass is 32.2. The second-order valence-corrected chi connectivity index (χ2v) is 5.97. The van der Waals surface area contributed by atoms with Crippen molar-refractivity contribution in [3.8, 4) is 0 Å². The van der Waals surface area contributed by atoms with Gasteiger partial charge >= 0.3 is 5.97 Å². The van der Waals surface area contributed by atoms with Crippen LogP contribution in [0.3, 0.4) is 0 Å². The van der Waals surface area contributed by atoms with E-state index in [2.05, 4.69) is 9.46 Å². The molecule has 0 bridgehead atoms. The molecule has 2 aliphatic rings. The number of hydrogen-bond donors (Lipinski definition) is 1. The first kappa shape index (κ1) is 11.8. The van der Waals surface area contributed by atoms with Crippen molar-refractivity contribution in [1.82, 2.24) is 9.03 Å². The Kier molecular flexibility index (Phi) is 3.18. The molecule has 1 unspecified atom stereocenters. The molecule has 1 atom stereocenters. The molecule has 1 N–H and O–H groups in total. The molecule has 0 radical (unpaired) electrons. The van der Waals surface area contributed by atoms with Crippen molar-refractivity contribution < 1.29 is 17.9 Å². The number of nitrogens with one attached hydrogen (secondary N) is 1. The van der Waals surface area contributed by atoms with Crippen molar-refractivity contribution >= 4 is 16.2 Å². The summed E-state index contributed by atoms with van der Waals surface area (Å²) in [6, 6.07) is 0.0992. The van der Waals surface area contributed by atoms with Crippen LogP contribution in [0.5, 0.6) is 0 Å². The molecule has 0 aromatic heterocycles. The van der Waals surface area contributed by atoms with Crippen LogP contribution in [0.15, 0.2) is 0 Å². The topological polar surface area (TPSA) is 75.7 Å². The number of hydrogen-bond acceptors (Lipinski definition) is 4. The van der Waals surface area contributed by atoms with Gasteiger partial charge in [-0.05, 0) is 19.3 Å². The molecule has 2 fully saturated rings. The van der Waals surface area contributed by atoms with Crippen molar-refractivity contribution in [2.75, 3.05) is 20.2 Å². The number of ether oxygens (including phenoxy) is 1. The maximum absolute atomic E-state index is 11.8. The molecule has 16 heavy (non-hydrogen) atoms. The van der Waals surface area contributed by atoms with Gasteiger partial charge in [-0.15, -0.1) is 0 Å². The Morgan fingerprint density at radius 1 is 1.38 bits per heavy atom. The smallest absolute Gasteiger partial charge is 0.310 e. The Balaban J connectivity index is 1.94. The van der Waals surface area contributed by atoms with Crippen molar-refractivity contribution in [1.29, 1.82) is 0 Å². The zero-order valence-electron chi connectivity index (χ0n) is 9.18. The van der Waals surface area contributed by atoms with Crippen molar-refractivity contribution in [2.45, 2.75) is 25.3 Å². The van der Waals surface area contributed by atoms with E-state index in [9.17, 15) is 13.2 Å². The van der Waals surface area contributed by atoms with Gasteiger partial charge in [-0.3, -0.25) is 4.79 Å².